The van der Waals surface area contributed by atoms with Crippen molar-refractivity contribution in [1.82, 2.24) is 19.8 Å². The second-order valence-corrected chi connectivity index (χ2v) is 6.58. The van der Waals surface area contributed by atoms with Gasteiger partial charge in [-0.1, -0.05) is 30.3 Å². The number of nitrogens with one attached hydrogen (secondary N) is 1. The molecule has 134 valence electrons. The lowest BCUT2D eigenvalue weighted by atomic mass is 9.97. The summed E-state index contributed by atoms with van der Waals surface area (Å²) in [6, 6.07) is 9.73. The number of carbonyl (C=O) groups excluding carboxylic acids is 1. The average Bonchev–Trinajstić information content (AvgIpc) is 3.13. The Hall–Kier alpha value is -2.14. The van der Waals surface area contributed by atoms with Gasteiger partial charge in [-0.15, -0.1) is 0 Å². The average molecular weight is 340 g/mol. The molecule has 2 aromatic rings. The molecule has 5 nitrogen and oxygen atoms in total. The Morgan fingerprint density at radius 2 is 2.08 bits per heavy atom. The molecule has 0 bridgehead atoms. The molecule has 3 rings (SSSR count). The third kappa shape index (κ3) is 3.93. The van der Waals surface area contributed by atoms with Crippen molar-refractivity contribution in [1.29, 1.82) is 0 Å². The van der Waals surface area contributed by atoms with Crippen LogP contribution >= 0.6 is 0 Å². The molecule has 0 spiro atoms. The van der Waals surface area contributed by atoms with E-state index in [9.17, 15) is 4.79 Å². The van der Waals surface area contributed by atoms with E-state index in [4.69, 9.17) is 0 Å². The van der Waals surface area contributed by atoms with Crippen LogP contribution in [-0.2, 0) is 11.3 Å². The summed E-state index contributed by atoms with van der Waals surface area (Å²) in [5, 5.41) is 3.54. The molecule has 2 atom stereocenters. The van der Waals surface area contributed by atoms with E-state index in [0.717, 1.165) is 50.4 Å². The molecule has 1 amide bonds. The van der Waals surface area contributed by atoms with Gasteiger partial charge in [-0.05, 0) is 32.3 Å². The first kappa shape index (κ1) is 17.7. The zero-order valence-electron chi connectivity index (χ0n) is 15.2. The van der Waals surface area contributed by atoms with Gasteiger partial charge in [0.2, 0.25) is 5.91 Å². The summed E-state index contributed by atoms with van der Waals surface area (Å²) in [5.74, 6) is 1.65. The second kappa shape index (κ2) is 8.30. The van der Waals surface area contributed by atoms with E-state index in [-0.39, 0.29) is 11.9 Å². The van der Waals surface area contributed by atoms with Gasteiger partial charge in [-0.2, -0.15) is 0 Å². The number of fused-ring (bicyclic) bond motifs is 1. The summed E-state index contributed by atoms with van der Waals surface area (Å²) in [7, 11) is 0. The first-order chi connectivity index (χ1) is 12.2. The zero-order valence-corrected chi connectivity index (χ0v) is 15.2. The highest BCUT2D eigenvalue weighted by Crippen LogP contribution is 2.26. The van der Waals surface area contributed by atoms with Crippen molar-refractivity contribution < 1.29 is 4.79 Å². The van der Waals surface area contributed by atoms with Crippen LogP contribution < -0.4 is 5.32 Å². The first-order valence-corrected chi connectivity index (χ1v) is 9.32. The number of rotatable bonds is 7. The fourth-order valence-corrected chi connectivity index (χ4v) is 3.67. The minimum absolute atomic E-state index is 0.148. The van der Waals surface area contributed by atoms with Gasteiger partial charge in [-0.3, -0.25) is 4.79 Å². The van der Waals surface area contributed by atoms with Gasteiger partial charge in [0.1, 0.15) is 11.9 Å². The predicted octanol–water partition coefficient (Wildman–Crippen LogP) is 2.96. The van der Waals surface area contributed by atoms with Crippen molar-refractivity contribution in [3.8, 4) is 0 Å². The van der Waals surface area contributed by atoms with E-state index in [1.54, 1.807) is 0 Å². The SMILES string of the molecule is CCN(CC)C(=O)C(NCC1CCCn2ccnc21)c1ccccc1. The number of benzene rings is 1. The maximum atomic E-state index is 13.0. The molecule has 0 fully saturated rings. The summed E-state index contributed by atoms with van der Waals surface area (Å²) >= 11 is 0. The molecular formula is C20H28N4O. The van der Waals surface area contributed by atoms with Crippen LogP contribution in [0.1, 0.15) is 50.0 Å². The number of hydrogen-bond acceptors (Lipinski definition) is 3. The summed E-state index contributed by atoms with van der Waals surface area (Å²) < 4.78 is 2.24. The first-order valence-electron chi connectivity index (χ1n) is 9.32. The number of likely N-dealkylation sites (N-methyl/N-ethyl adjacent to an activating group) is 1. The molecule has 2 unspecified atom stereocenters. The molecule has 0 aliphatic carbocycles. The number of aryl methyl sites for hydroxylation is 1. The summed E-state index contributed by atoms with van der Waals surface area (Å²) in [4.78, 5) is 19.4. The lowest BCUT2D eigenvalue weighted by molar-refractivity contribution is -0.133. The summed E-state index contributed by atoms with van der Waals surface area (Å²) in [6.45, 7) is 7.33. The molecular weight excluding hydrogens is 312 g/mol. The Bertz CT molecular complexity index is 678. The van der Waals surface area contributed by atoms with Crippen molar-refractivity contribution in [3.05, 3.63) is 54.1 Å². The minimum atomic E-state index is -0.300. The van der Waals surface area contributed by atoms with Crippen LogP contribution in [-0.4, -0.2) is 40.0 Å². The highest BCUT2D eigenvalue weighted by molar-refractivity contribution is 5.83. The Labute approximate surface area is 150 Å². The van der Waals surface area contributed by atoms with Crippen LogP contribution in [0.3, 0.4) is 0 Å². The third-order valence-corrected chi connectivity index (χ3v) is 5.09. The van der Waals surface area contributed by atoms with Gasteiger partial charge in [0.25, 0.3) is 0 Å². The van der Waals surface area contributed by atoms with Crippen molar-refractivity contribution in [3.63, 3.8) is 0 Å². The Balaban J connectivity index is 1.76. The highest BCUT2D eigenvalue weighted by Gasteiger charge is 2.27. The maximum absolute atomic E-state index is 13.0. The van der Waals surface area contributed by atoms with E-state index in [0.29, 0.717) is 5.92 Å². The van der Waals surface area contributed by atoms with E-state index in [1.807, 2.05) is 55.3 Å². The molecule has 25 heavy (non-hydrogen) atoms. The molecule has 0 radical (unpaired) electrons. The van der Waals surface area contributed by atoms with Crippen LogP contribution in [0.2, 0.25) is 0 Å². The molecule has 1 N–H and O–H groups in total. The Morgan fingerprint density at radius 1 is 1.32 bits per heavy atom. The molecule has 2 heterocycles. The number of carbonyl (C=O) groups is 1. The van der Waals surface area contributed by atoms with Gasteiger partial charge in [0, 0.05) is 44.5 Å². The predicted molar refractivity (Wildman–Crippen MR) is 99.3 cm³/mol. The van der Waals surface area contributed by atoms with Gasteiger partial charge in [0.05, 0.1) is 0 Å². The molecule has 0 saturated carbocycles. The van der Waals surface area contributed by atoms with Crippen molar-refractivity contribution in [2.45, 2.75) is 45.2 Å². The summed E-state index contributed by atoms with van der Waals surface area (Å²) in [5.41, 5.74) is 1.03. The molecule has 1 aromatic carbocycles. The zero-order chi connectivity index (χ0) is 17.6. The normalized spacial score (nSPS) is 17.8. The van der Waals surface area contributed by atoms with Gasteiger partial charge in [0.15, 0.2) is 0 Å². The second-order valence-electron chi connectivity index (χ2n) is 6.58. The molecule has 1 aliphatic rings. The third-order valence-electron chi connectivity index (χ3n) is 5.09. The number of nitrogens with zero attached hydrogens (tertiary/aromatic N) is 3. The largest absolute Gasteiger partial charge is 0.342 e. The lowest BCUT2D eigenvalue weighted by Crippen LogP contribution is -2.42. The number of aromatic nitrogens is 2. The minimum Gasteiger partial charge on any atom is -0.342 e. The molecule has 1 aromatic heterocycles. The van der Waals surface area contributed by atoms with E-state index in [2.05, 4.69) is 21.1 Å². The van der Waals surface area contributed by atoms with Crippen LogP contribution in [0.4, 0.5) is 0 Å². The molecule has 0 saturated heterocycles. The van der Waals surface area contributed by atoms with Crippen molar-refractivity contribution >= 4 is 5.91 Å². The maximum Gasteiger partial charge on any atom is 0.244 e. The van der Waals surface area contributed by atoms with Crippen LogP contribution in [0.15, 0.2) is 42.7 Å². The Morgan fingerprint density at radius 3 is 2.80 bits per heavy atom. The topological polar surface area (TPSA) is 50.2 Å². The van der Waals surface area contributed by atoms with Crippen LogP contribution in [0.25, 0.3) is 0 Å². The lowest BCUT2D eigenvalue weighted by Gasteiger charge is -2.29. The van der Waals surface area contributed by atoms with E-state index in [1.165, 1.54) is 0 Å². The van der Waals surface area contributed by atoms with Gasteiger partial charge >= 0.3 is 0 Å². The van der Waals surface area contributed by atoms with E-state index < -0.39 is 0 Å². The van der Waals surface area contributed by atoms with Crippen molar-refractivity contribution in [2.75, 3.05) is 19.6 Å². The highest BCUT2D eigenvalue weighted by atomic mass is 16.2. The Kier molecular flexibility index (Phi) is 5.87. The van der Waals surface area contributed by atoms with Crippen LogP contribution in [0.5, 0.6) is 0 Å². The molecule has 1 aliphatic heterocycles. The number of hydrogen-bond donors (Lipinski definition) is 1. The fraction of sp³-hybridized carbons (Fsp3) is 0.500. The van der Waals surface area contributed by atoms with Crippen LogP contribution in [0, 0.1) is 0 Å². The standard InChI is InChI=1S/C20H28N4O/c1-3-23(4-2)20(25)18(16-9-6-5-7-10-16)22-15-17-11-8-13-24-14-12-21-19(17)24/h5-7,9-10,12,14,17-18,22H,3-4,8,11,13,15H2,1-2H3. The number of amides is 1. The van der Waals surface area contributed by atoms with Gasteiger partial charge < -0.3 is 14.8 Å². The quantitative estimate of drug-likeness (QED) is 0.843. The monoisotopic (exact) mass is 340 g/mol. The number of imidazole rings is 1. The fourth-order valence-electron chi connectivity index (χ4n) is 3.67. The van der Waals surface area contributed by atoms with Gasteiger partial charge in [-0.25, -0.2) is 4.98 Å². The van der Waals surface area contributed by atoms with E-state index >= 15 is 0 Å². The smallest absolute Gasteiger partial charge is 0.244 e. The summed E-state index contributed by atoms with van der Waals surface area (Å²) in [6.07, 6.45) is 6.21. The molecule has 5 heteroatoms. The van der Waals surface area contributed by atoms with Crippen molar-refractivity contribution in [2.24, 2.45) is 0 Å².